The monoisotopic (exact) mass is 260 g/mol. The maximum atomic E-state index is 12.0. The maximum absolute atomic E-state index is 12.0. The van der Waals surface area contributed by atoms with Gasteiger partial charge in [0.15, 0.2) is 6.10 Å². The van der Waals surface area contributed by atoms with E-state index in [0.717, 1.165) is 0 Å². The first-order chi connectivity index (χ1) is 7.98. The van der Waals surface area contributed by atoms with Crippen LogP contribution < -0.4 is 0 Å². The predicted octanol–water partition coefficient (Wildman–Crippen LogP) is 1.52. The lowest BCUT2D eigenvalue weighted by atomic mass is 9.90. The summed E-state index contributed by atoms with van der Waals surface area (Å²) in [6.45, 7) is 6.00. The predicted molar refractivity (Wildman–Crippen MR) is 69.1 cm³/mol. The summed E-state index contributed by atoms with van der Waals surface area (Å²) in [5, 5.41) is 8.86. The molecule has 0 unspecified atom stereocenters. The topological polar surface area (TPSA) is 63.6 Å². The SMILES string of the molecule is CCC(C)(C)C(=O)O[C@@H](CC(=O)O)C[N+](C)(C)C. The molecule has 0 aliphatic carbocycles. The zero-order chi connectivity index (χ0) is 14.6. The van der Waals surface area contributed by atoms with Gasteiger partial charge in [0.1, 0.15) is 6.54 Å². The fraction of sp³-hybridized carbons (Fsp3) is 0.846. The van der Waals surface area contributed by atoms with Crippen molar-refractivity contribution in [1.29, 1.82) is 0 Å². The van der Waals surface area contributed by atoms with Crippen LogP contribution in [-0.2, 0) is 14.3 Å². The van der Waals surface area contributed by atoms with E-state index in [1.807, 2.05) is 28.1 Å². The first-order valence-corrected chi connectivity index (χ1v) is 6.21. The summed E-state index contributed by atoms with van der Waals surface area (Å²) in [5.74, 6) is -1.28. The highest BCUT2D eigenvalue weighted by atomic mass is 16.5. The third-order valence-corrected chi connectivity index (χ3v) is 2.86. The van der Waals surface area contributed by atoms with Crippen LogP contribution in [0.4, 0.5) is 0 Å². The molecule has 0 aliphatic rings. The number of hydrogen-bond acceptors (Lipinski definition) is 3. The van der Waals surface area contributed by atoms with Gasteiger partial charge in [-0.05, 0) is 20.3 Å². The minimum Gasteiger partial charge on any atom is -0.481 e. The number of esters is 1. The molecule has 5 heteroatoms. The molecule has 5 nitrogen and oxygen atoms in total. The number of likely N-dealkylation sites (N-methyl/N-ethyl adjacent to an activating group) is 1. The van der Waals surface area contributed by atoms with E-state index in [2.05, 4.69) is 0 Å². The van der Waals surface area contributed by atoms with Gasteiger partial charge in [0.2, 0.25) is 0 Å². The van der Waals surface area contributed by atoms with Gasteiger partial charge in [-0.3, -0.25) is 9.59 Å². The number of aliphatic carboxylic acids is 1. The third kappa shape index (κ3) is 6.59. The van der Waals surface area contributed by atoms with E-state index in [0.29, 0.717) is 17.4 Å². The number of hydrogen-bond donors (Lipinski definition) is 1. The van der Waals surface area contributed by atoms with Crippen molar-refractivity contribution in [2.75, 3.05) is 27.7 Å². The third-order valence-electron chi connectivity index (χ3n) is 2.86. The van der Waals surface area contributed by atoms with Crippen LogP contribution in [0.2, 0.25) is 0 Å². The van der Waals surface area contributed by atoms with Crippen LogP contribution in [0, 0.1) is 5.41 Å². The van der Waals surface area contributed by atoms with Crippen LogP contribution >= 0.6 is 0 Å². The highest BCUT2D eigenvalue weighted by Crippen LogP contribution is 2.23. The van der Waals surface area contributed by atoms with E-state index < -0.39 is 17.5 Å². The minimum atomic E-state index is -0.949. The highest BCUT2D eigenvalue weighted by Gasteiger charge is 2.32. The average molecular weight is 260 g/mol. The van der Waals surface area contributed by atoms with Crippen molar-refractivity contribution in [3.8, 4) is 0 Å². The van der Waals surface area contributed by atoms with Gasteiger partial charge in [0.05, 0.1) is 33.0 Å². The Morgan fingerprint density at radius 2 is 1.78 bits per heavy atom. The molecule has 106 valence electrons. The van der Waals surface area contributed by atoms with Crippen molar-refractivity contribution in [2.24, 2.45) is 5.41 Å². The maximum Gasteiger partial charge on any atom is 0.311 e. The molecule has 0 aromatic heterocycles. The highest BCUT2D eigenvalue weighted by molar-refractivity contribution is 5.76. The Labute approximate surface area is 109 Å². The molecule has 1 atom stereocenters. The molecule has 0 saturated heterocycles. The molecule has 18 heavy (non-hydrogen) atoms. The standard InChI is InChI=1S/C13H25NO4/c1-7-13(2,3)12(17)18-10(8-11(15)16)9-14(4,5)6/h10H,7-9H2,1-6H3/p+1/t10-/m0/s1. The van der Waals surface area contributed by atoms with Crippen molar-refractivity contribution < 1.29 is 23.9 Å². The number of nitrogens with zero attached hydrogens (tertiary/aromatic N) is 1. The molecule has 0 bridgehead atoms. The molecule has 0 aliphatic heterocycles. The van der Waals surface area contributed by atoms with Crippen LogP contribution in [0.15, 0.2) is 0 Å². The number of rotatable bonds is 7. The molecular weight excluding hydrogens is 234 g/mol. The Morgan fingerprint density at radius 1 is 1.28 bits per heavy atom. The number of carboxylic acid groups (broad SMARTS) is 1. The fourth-order valence-electron chi connectivity index (χ4n) is 1.40. The van der Waals surface area contributed by atoms with E-state index in [1.54, 1.807) is 13.8 Å². The number of ether oxygens (including phenoxy) is 1. The molecule has 0 saturated carbocycles. The summed E-state index contributed by atoms with van der Waals surface area (Å²) in [5.41, 5.74) is -0.568. The van der Waals surface area contributed by atoms with Gasteiger partial charge in [-0.2, -0.15) is 0 Å². The molecule has 0 radical (unpaired) electrons. The summed E-state index contributed by atoms with van der Waals surface area (Å²) in [4.78, 5) is 22.7. The second-order valence-electron chi connectivity index (χ2n) is 6.34. The summed E-state index contributed by atoms with van der Waals surface area (Å²) in [6.07, 6.45) is -0.0716. The number of carbonyl (C=O) groups is 2. The number of quaternary nitrogens is 1. The van der Waals surface area contributed by atoms with Gasteiger partial charge >= 0.3 is 11.9 Å². The van der Waals surface area contributed by atoms with E-state index in [1.165, 1.54) is 0 Å². The van der Waals surface area contributed by atoms with Gasteiger partial charge in [0, 0.05) is 0 Å². The molecular formula is C13H26NO4+. The fourth-order valence-corrected chi connectivity index (χ4v) is 1.40. The van der Waals surface area contributed by atoms with Crippen LogP contribution in [0.5, 0.6) is 0 Å². The first kappa shape index (κ1) is 16.9. The molecule has 0 spiro atoms. The van der Waals surface area contributed by atoms with Crippen molar-refractivity contribution in [3.63, 3.8) is 0 Å². The lowest BCUT2D eigenvalue weighted by Crippen LogP contribution is -2.45. The molecule has 1 N–H and O–H groups in total. The van der Waals surface area contributed by atoms with E-state index >= 15 is 0 Å². The molecule has 0 rings (SSSR count). The van der Waals surface area contributed by atoms with Crippen LogP contribution in [0.3, 0.4) is 0 Å². The normalized spacial score (nSPS) is 14.1. The molecule has 0 heterocycles. The van der Waals surface area contributed by atoms with Gasteiger partial charge in [-0.15, -0.1) is 0 Å². The minimum absolute atomic E-state index is 0.152. The van der Waals surface area contributed by atoms with Crippen LogP contribution in [0.1, 0.15) is 33.6 Å². The van der Waals surface area contributed by atoms with Gasteiger partial charge in [-0.25, -0.2) is 0 Å². The molecule has 0 aromatic carbocycles. The van der Waals surface area contributed by atoms with Gasteiger partial charge < -0.3 is 14.3 Å². The largest absolute Gasteiger partial charge is 0.481 e. The summed E-state index contributed by atoms with van der Waals surface area (Å²) in [6, 6.07) is 0. The molecule has 0 amide bonds. The lowest BCUT2D eigenvalue weighted by molar-refractivity contribution is -0.873. The summed E-state index contributed by atoms with van der Waals surface area (Å²) in [7, 11) is 5.81. The van der Waals surface area contributed by atoms with Gasteiger partial charge in [0.25, 0.3) is 0 Å². The van der Waals surface area contributed by atoms with Crippen molar-refractivity contribution >= 4 is 11.9 Å². The Morgan fingerprint density at radius 3 is 2.11 bits per heavy atom. The zero-order valence-electron chi connectivity index (χ0n) is 12.3. The van der Waals surface area contributed by atoms with E-state index in [9.17, 15) is 9.59 Å². The lowest BCUT2D eigenvalue weighted by Gasteiger charge is -2.30. The van der Waals surface area contributed by atoms with Crippen LogP contribution in [-0.4, -0.2) is 55.3 Å². The van der Waals surface area contributed by atoms with E-state index in [4.69, 9.17) is 9.84 Å². The van der Waals surface area contributed by atoms with Crippen molar-refractivity contribution in [3.05, 3.63) is 0 Å². The average Bonchev–Trinajstić information content (AvgIpc) is 2.13. The Bertz CT molecular complexity index is 305. The Kier molecular flexibility index (Phi) is 5.80. The van der Waals surface area contributed by atoms with Gasteiger partial charge in [-0.1, -0.05) is 6.92 Å². The second-order valence-corrected chi connectivity index (χ2v) is 6.34. The Hall–Kier alpha value is -1.10. The summed E-state index contributed by atoms with van der Waals surface area (Å²) >= 11 is 0. The Balaban J connectivity index is 4.69. The molecule has 0 aromatic rings. The molecule has 0 fully saturated rings. The zero-order valence-corrected chi connectivity index (χ0v) is 12.3. The van der Waals surface area contributed by atoms with E-state index in [-0.39, 0.29) is 12.4 Å². The number of carboxylic acids is 1. The van der Waals surface area contributed by atoms with Crippen molar-refractivity contribution in [1.82, 2.24) is 0 Å². The van der Waals surface area contributed by atoms with Crippen molar-refractivity contribution in [2.45, 2.75) is 39.7 Å². The summed E-state index contributed by atoms with van der Waals surface area (Å²) < 4.78 is 5.91. The number of carbonyl (C=O) groups excluding carboxylic acids is 1. The van der Waals surface area contributed by atoms with Crippen LogP contribution in [0.25, 0.3) is 0 Å². The quantitative estimate of drug-likeness (QED) is 0.557. The first-order valence-electron chi connectivity index (χ1n) is 6.21. The smallest absolute Gasteiger partial charge is 0.311 e. The second kappa shape index (κ2) is 6.18.